The van der Waals surface area contributed by atoms with E-state index in [9.17, 15) is 9.35 Å². The molecule has 1 amide bonds. The van der Waals surface area contributed by atoms with Gasteiger partial charge in [0.1, 0.15) is 16.1 Å². The van der Waals surface area contributed by atoms with Gasteiger partial charge in [-0.1, -0.05) is 17.7 Å². The highest BCUT2D eigenvalue weighted by molar-refractivity contribution is 7.91. The second kappa shape index (κ2) is 6.80. The molecular formula is C14H26N2O3S. The van der Waals surface area contributed by atoms with Crippen molar-refractivity contribution < 1.29 is 14.5 Å². The first kappa shape index (κ1) is 17.3. The van der Waals surface area contributed by atoms with Crippen LogP contribution in [0, 0.1) is 11.8 Å². The summed E-state index contributed by atoms with van der Waals surface area (Å²) in [7, 11) is 0. The Balaban J connectivity index is 2.80. The molecule has 0 aromatic heterocycles. The number of hydrogen-bond donors (Lipinski definition) is 1. The van der Waals surface area contributed by atoms with E-state index in [1.165, 1.54) is 4.90 Å². The van der Waals surface area contributed by atoms with E-state index in [0.29, 0.717) is 13.1 Å². The molecule has 1 rings (SSSR count). The Kier molecular flexibility index (Phi) is 5.89. The summed E-state index contributed by atoms with van der Waals surface area (Å²) >= 11 is -1.25. The van der Waals surface area contributed by atoms with E-state index in [-0.39, 0.29) is 16.6 Å². The molecule has 0 bridgehead atoms. The van der Waals surface area contributed by atoms with Crippen LogP contribution in [0.4, 0.5) is 4.79 Å². The summed E-state index contributed by atoms with van der Waals surface area (Å²) in [4.78, 5) is 12.5. The standard InChI is InChI=1S/C14H26N2O3S/c1-6-11-9-16(13(17)18)8-7-12(11)10(2)15-20(19)14(3,4)5/h11-12H,6-9H2,1-5H3,(H,17,18)/b15-10+/t11-,12-,20?/m1/s1. The lowest BCUT2D eigenvalue weighted by atomic mass is 9.81. The van der Waals surface area contributed by atoms with Gasteiger partial charge in [-0.15, -0.1) is 0 Å². The Morgan fingerprint density at radius 3 is 2.55 bits per heavy atom. The minimum absolute atomic E-state index is 0.238. The summed E-state index contributed by atoms with van der Waals surface area (Å²) in [6, 6.07) is 0. The molecule has 1 saturated heterocycles. The zero-order chi connectivity index (χ0) is 15.5. The van der Waals surface area contributed by atoms with Crippen molar-refractivity contribution in [2.75, 3.05) is 13.1 Å². The van der Waals surface area contributed by atoms with Gasteiger partial charge in [0.05, 0.1) is 5.71 Å². The number of likely N-dealkylation sites (tertiary alicyclic amines) is 1. The van der Waals surface area contributed by atoms with Crippen molar-refractivity contribution in [3.63, 3.8) is 0 Å². The van der Waals surface area contributed by atoms with Gasteiger partial charge in [-0.05, 0) is 40.0 Å². The SMILES string of the molecule is CC[C@@H]1CN(C(=O)O)CC[C@@H]1/C(C)=N/[S+]([O-])C(C)(C)C. The van der Waals surface area contributed by atoms with Crippen molar-refractivity contribution in [3.05, 3.63) is 0 Å². The number of carbonyl (C=O) groups is 1. The van der Waals surface area contributed by atoms with Crippen molar-refractivity contribution in [1.29, 1.82) is 0 Å². The second-order valence-electron chi connectivity index (χ2n) is 6.39. The summed E-state index contributed by atoms with van der Waals surface area (Å²) < 4.78 is 16.1. The highest BCUT2D eigenvalue weighted by Gasteiger charge is 2.34. The molecule has 1 N–H and O–H groups in total. The van der Waals surface area contributed by atoms with E-state index in [1.54, 1.807) is 0 Å². The first-order chi connectivity index (χ1) is 9.16. The van der Waals surface area contributed by atoms with E-state index < -0.39 is 17.5 Å². The largest absolute Gasteiger partial charge is 0.591 e. The number of nitrogens with zero attached hydrogens (tertiary/aromatic N) is 2. The summed E-state index contributed by atoms with van der Waals surface area (Å²) in [6.07, 6.45) is 0.819. The lowest BCUT2D eigenvalue weighted by Crippen LogP contribution is -2.45. The van der Waals surface area contributed by atoms with Crippen molar-refractivity contribution in [2.24, 2.45) is 16.2 Å². The zero-order valence-electron chi connectivity index (χ0n) is 13.0. The highest BCUT2D eigenvalue weighted by atomic mass is 32.2. The molecule has 1 aliphatic rings. The van der Waals surface area contributed by atoms with Gasteiger partial charge in [0, 0.05) is 19.0 Å². The number of amides is 1. The number of piperidine rings is 1. The molecule has 0 saturated carbocycles. The minimum atomic E-state index is -1.25. The van der Waals surface area contributed by atoms with Gasteiger partial charge in [0.2, 0.25) is 0 Å². The Morgan fingerprint density at radius 2 is 2.10 bits per heavy atom. The van der Waals surface area contributed by atoms with Crippen LogP contribution >= 0.6 is 0 Å². The Bertz CT molecular complexity index is 379. The van der Waals surface area contributed by atoms with Crippen molar-refractivity contribution in [3.8, 4) is 0 Å². The van der Waals surface area contributed by atoms with Crippen LogP contribution in [0.15, 0.2) is 4.40 Å². The van der Waals surface area contributed by atoms with Crippen molar-refractivity contribution in [1.82, 2.24) is 4.90 Å². The second-order valence-corrected chi connectivity index (χ2v) is 8.29. The van der Waals surface area contributed by atoms with Gasteiger partial charge in [0.15, 0.2) is 0 Å². The highest BCUT2D eigenvalue weighted by Crippen LogP contribution is 2.29. The monoisotopic (exact) mass is 302 g/mol. The molecule has 0 aromatic carbocycles. The van der Waals surface area contributed by atoms with Crippen LogP contribution < -0.4 is 0 Å². The maximum atomic E-state index is 12.1. The van der Waals surface area contributed by atoms with Gasteiger partial charge < -0.3 is 14.6 Å². The molecule has 1 fully saturated rings. The first-order valence-electron chi connectivity index (χ1n) is 7.11. The van der Waals surface area contributed by atoms with Crippen molar-refractivity contribution in [2.45, 2.75) is 52.2 Å². The van der Waals surface area contributed by atoms with E-state index >= 15 is 0 Å². The molecule has 5 nitrogen and oxygen atoms in total. The van der Waals surface area contributed by atoms with Gasteiger partial charge >= 0.3 is 6.09 Å². The lowest BCUT2D eigenvalue weighted by molar-refractivity contribution is 0.109. The normalized spacial score (nSPS) is 26.5. The molecule has 6 heteroatoms. The predicted octanol–water partition coefficient (Wildman–Crippen LogP) is 2.94. The topological polar surface area (TPSA) is 76.0 Å². The average molecular weight is 302 g/mol. The van der Waals surface area contributed by atoms with Crippen LogP contribution in [-0.4, -0.2) is 44.2 Å². The maximum absolute atomic E-state index is 12.1. The van der Waals surface area contributed by atoms with Gasteiger partial charge in [-0.25, -0.2) is 4.79 Å². The smallest absolute Gasteiger partial charge is 0.407 e. The third-order valence-corrected chi connectivity index (χ3v) is 5.32. The van der Waals surface area contributed by atoms with E-state index in [0.717, 1.165) is 18.6 Å². The minimum Gasteiger partial charge on any atom is -0.591 e. The zero-order valence-corrected chi connectivity index (χ0v) is 13.9. The Labute approximate surface area is 124 Å². The van der Waals surface area contributed by atoms with E-state index in [2.05, 4.69) is 11.3 Å². The molecule has 116 valence electrons. The molecule has 0 radical (unpaired) electrons. The van der Waals surface area contributed by atoms with Crippen LogP contribution in [0.2, 0.25) is 0 Å². The lowest BCUT2D eigenvalue weighted by Gasteiger charge is -2.36. The average Bonchev–Trinajstić information content (AvgIpc) is 2.36. The third kappa shape index (κ3) is 4.38. The number of carboxylic acid groups (broad SMARTS) is 1. The molecule has 0 spiro atoms. The molecule has 1 unspecified atom stereocenters. The van der Waals surface area contributed by atoms with Crippen LogP contribution in [0.1, 0.15) is 47.5 Å². The van der Waals surface area contributed by atoms with Crippen LogP contribution in [0.5, 0.6) is 0 Å². The summed E-state index contributed by atoms with van der Waals surface area (Å²) in [5, 5.41) is 9.08. The Hall–Kier alpha value is -0.750. The van der Waals surface area contributed by atoms with Gasteiger partial charge in [-0.2, -0.15) is 0 Å². The number of rotatable bonds is 3. The first-order valence-corrected chi connectivity index (χ1v) is 8.22. The molecule has 1 heterocycles. The molecule has 20 heavy (non-hydrogen) atoms. The fourth-order valence-corrected chi connectivity index (χ4v) is 3.18. The summed E-state index contributed by atoms with van der Waals surface area (Å²) in [5.74, 6) is 0.502. The van der Waals surface area contributed by atoms with E-state index in [1.807, 2.05) is 27.7 Å². The molecule has 1 aliphatic heterocycles. The Morgan fingerprint density at radius 1 is 1.50 bits per heavy atom. The molecule has 3 atom stereocenters. The quantitative estimate of drug-likeness (QED) is 0.643. The molecular weight excluding hydrogens is 276 g/mol. The summed E-state index contributed by atoms with van der Waals surface area (Å²) in [6.45, 7) is 10.8. The van der Waals surface area contributed by atoms with Crippen LogP contribution in [0.3, 0.4) is 0 Å². The van der Waals surface area contributed by atoms with Gasteiger partial charge in [0.25, 0.3) is 0 Å². The third-order valence-electron chi connectivity index (χ3n) is 3.82. The molecule has 0 aliphatic carbocycles. The number of hydrogen-bond acceptors (Lipinski definition) is 3. The molecule has 0 aromatic rings. The fourth-order valence-electron chi connectivity index (χ4n) is 2.50. The van der Waals surface area contributed by atoms with Crippen LogP contribution in [-0.2, 0) is 11.4 Å². The predicted molar refractivity (Wildman–Crippen MR) is 82.5 cm³/mol. The van der Waals surface area contributed by atoms with Gasteiger partial charge in [-0.3, -0.25) is 0 Å². The summed E-state index contributed by atoms with van der Waals surface area (Å²) in [5.41, 5.74) is 0.898. The van der Waals surface area contributed by atoms with E-state index in [4.69, 9.17) is 5.11 Å². The van der Waals surface area contributed by atoms with Crippen molar-refractivity contribution >= 4 is 23.2 Å². The fraction of sp³-hybridized carbons (Fsp3) is 0.857. The van der Waals surface area contributed by atoms with Crippen LogP contribution in [0.25, 0.3) is 0 Å². The maximum Gasteiger partial charge on any atom is 0.407 e.